The molecule has 0 unspecified atom stereocenters. The van der Waals surface area contributed by atoms with Crippen molar-refractivity contribution in [2.45, 2.75) is 32.4 Å². The molecule has 0 aliphatic heterocycles. The lowest BCUT2D eigenvalue weighted by atomic mass is 10.1. The van der Waals surface area contributed by atoms with E-state index in [1.165, 1.54) is 24.1 Å². The van der Waals surface area contributed by atoms with Crippen LogP contribution >= 0.6 is 11.3 Å². The van der Waals surface area contributed by atoms with E-state index in [0.29, 0.717) is 11.3 Å². The molecule has 2 aromatic rings. The fraction of sp³-hybridized carbons (Fsp3) is 0.353. The minimum atomic E-state index is 0.590. The molecule has 1 aliphatic rings. The van der Waals surface area contributed by atoms with E-state index in [2.05, 4.69) is 17.5 Å². The van der Waals surface area contributed by atoms with Gasteiger partial charge in [-0.3, -0.25) is 0 Å². The number of nitrogens with one attached hydrogen (secondary N) is 1. The van der Waals surface area contributed by atoms with Gasteiger partial charge in [-0.25, -0.2) is 0 Å². The van der Waals surface area contributed by atoms with Crippen LogP contribution in [0.15, 0.2) is 24.3 Å². The predicted molar refractivity (Wildman–Crippen MR) is 84.6 cm³/mol. The zero-order valence-electron chi connectivity index (χ0n) is 12.1. The van der Waals surface area contributed by atoms with Crippen molar-refractivity contribution in [1.29, 1.82) is 5.26 Å². The Bertz CT molecular complexity index is 663. The maximum Gasteiger partial charge on any atom is 0.136 e. The van der Waals surface area contributed by atoms with E-state index >= 15 is 0 Å². The van der Waals surface area contributed by atoms with Crippen molar-refractivity contribution in [2.24, 2.45) is 0 Å². The molecule has 3 rings (SSSR count). The molecule has 0 saturated carbocycles. The maximum absolute atomic E-state index is 9.10. The smallest absolute Gasteiger partial charge is 0.136 e. The third kappa shape index (κ3) is 3.10. The van der Waals surface area contributed by atoms with Gasteiger partial charge in [0.05, 0.1) is 12.7 Å². The van der Waals surface area contributed by atoms with Crippen LogP contribution in [0.25, 0.3) is 0 Å². The average molecular weight is 298 g/mol. The first-order valence-corrected chi connectivity index (χ1v) is 8.00. The van der Waals surface area contributed by atoms with Gasteiger partial charge in [0, 0.05) is 22.8 Å². The molecule has 0 spiro atoms. The van der Waals surface area contributed by atoms with Gasteiger partial charge in [-0.05, 0) is 48.6 Å². The van der Waals surface area contributed by atoms with Crippen LogP contribution in [0.3, 0.4) is 0 Å². The van der Waals surface area contributed by atoms with Gasteiger partial charge in [-0.2, -0.15) is 5.26 Å². The number of aryl methyl sites for hydroxylation is 2. The number of rotatable bonds is 5. The summed E-state index contributed by atoms with van der Waals surface area (Å²) in [5.41, 5.74) is 3.25. The SMILES string of the molecule is COc1ccc(CNCc2cc3c(s2)CCC3)cc1C#N. The van der Waals surface area contributed by atoms with Gasteiger partial charge in [0.2, 0.25) is 0 Å². The molecule has 1 heterocycles. The lowest BCUT2D eigenvalue weighted by molar-refractivity contribution is 0.413. The van der Waals surface area contributed by atoms with E-state index < -0.39 is 0 Å². The Labute approximate surface area is 129 Å². The fourth-order valence-electron chi connectivity index (χ4n) is 2.76. The summed E-state index contributed by atoms with van der Waals surface area (Å²) in [7, 11) is 1.59. The number of nitriles is 1. The summed E-state index contributed by atoms with van der Waals surface area (Å²) in [5, 5.41) is 12.6. The van der Waals surface area contributed by atoms with Gasteiger partial charge >= 0.3 is 0 Å². The highest BCUT2D eigenvalue weighted by molar-refractivity contribution is 7.12. The molecular weight excluding hydrogens is 280 g/mol. The number of ether oxygens (including phenoxy) is 1. The molecule has 1 aromatic heterocycles. The molecule has 0 bridgehead atoms. The van der Waals surface area contributed by atoms with Gasteiger partial charge < -0.3 is 10.1 Å². The fourth-order valence-corrected chi connectivity index (χ4v) is 3.99. The summed E-state index contributed by atoms with van der Waals surface area (Å²) in [5.74, 6) is 0.635. The first kappa shape index (κ1) is 14.1. The Morgan fingerprint density at radius 3 is 2.95 bits per heavy atom. The molecule has 21 heavy (non-hydrogen) atoms. The Morgan fingerprint density at radius 2 is 2.19 bits per heavy atom. The number of methoxy groups -OCH3 is 1. The van der Waals surface area contributed by atoms with E-state index in [9.17, 15) is 0 Å². The van der Waals surface area contributed by atoms with Crippen LogP contribution in [-0.4, -0.2) is 7.11 Å². The van der Waals surface area contributed by atoms with Crippen molar-refractivity contribution in [2.75, 3.05) is 7.11 Å². The second-order valence-corrected chi connectivity index (χ2v) is 6.49. The summed E-state index contributed by atoms with van der Waals surface area (Å²) in [4.78, 5) is 2.98. The van der Waals surface area contributed by atoms with Gasteiger partial charge in [0.25, 0.3) is 0 Å². The largest absolute Gasteiger partial charge is 0.495 e. The van der Waals surface area contributed by atoms with Gasteiger partial charge in [0.1, 0.15) is 11.8 Å². The van der Waals surface area contributed by atoms with Crippen molar-refractivity contribution >= 4 is 11.3 Å². The number of benzene rings is 1. The molecule has 0 fully saturated rings. The second-order valence-electron chi connectivity index (χ2n) is 5.26. The van der Waals surface area contributed by atoms with Crippen LogP contribution in [0.2, 0.25) is 0 Å². The van der Waals surface area contributed by atoms with Crippen LogP contribution < -0.4 is 10.1 Å². The Morgan fingerprint density at radius 1 is 1.29 bits per heavy atom. The van der Waals surface area contributed by atoms with Crippen LogP contribution in [0.1, 0.15) is 32.9 Å². The van der Waals surface area contributed by atoms with Crippen LogP contribution in [0.4, 0.5) is 0 Å². The number of hydrogen-bond donors (Lipinski definition) is 1. The van der Waals surface area contributed by atoms with E-state index in [-0.39, 0.29) is 0 Å². The highest BCUT2D eigenvalue weighted by Crippen LogP contribution is 2.30. The standard InChI is InChI=1S/C17H18N2OS/c1-20-16-6-5-12(7-14(16)9-18)10-19-11-15-8-13-3-2-4-17(13)21-15/h5-8,19H,2-4,10-11H2,1H3. The second kappa shape index (κ2) is 6.30. The Kier molecular flexibility index (Phi) is 4.23. The molecule has 0 atom stereocenters. The molecule has 3 nitrogen and oxygen atoms in total. The Balaban J connectivity index is 1.59. The summed E-state index contributed by atoms with van der Waals surface area (Å²) in [6.45, 7) is 1.66. The monoisotopic (exact) mass is 298 g/mol. The molecule has 0 radical (unpaired) electrons. The molecule has 0 saturated heterocycles. The number of thiophene rings is 1. The molecule has 1 N–H and O–H groups in total. The number of fused-ring (bicyclic) bond motifs is 1. The maximum atomic E-state index is 9.10. The van der Waals surface area contributed by atoms with Crippen molar-refractivity contribution in [3.63, 3.8) is 0 Å². The van der Waals surface area contributed by atoms with E-state index in [1.807, 2.05) is 29.5 Å². The van der Waals surface area contributed by atoms with Crippen LogP contribution in [0, 0.1) is 11.3 Å². The molecule has 1 aliphatic carbocycles. The zero-order valence-corrected chi connectivity index (χ0v) is 12.9. The molecular formula is C17H18N2OS. The number of hydrogen-bond acceptors (Lipinski definition) is 4. The normalized spacial score (nSPS) is 13.0. The van der Waals surface area contributed by atoms with Gasteiger partial charge in [0.15, 0.2) is 0 Å². The minimum absolute atomic E-state index is 0.590. The lowest BCUT2D eigenvalue weighted by Crippen LogP contribution is -2.12. The first-order valence-electron chi connectivity index (χ1n) is 7.18. The predicted octanol–water partition coefficient (Wildman–Crippen LogP) is 3.41. The highest BCUT2D eigenvalue weighted by Gasteiger charge is 2.14. The van der Waals surface area contributed by atoms with Crippen molar-refractivity contribution in [1.82, 2.24) is 5.32 Å². The van der Waals surface area contributed by atoms with E-state index in [0.717, 1.165) is 18.7 Å². The van der Waals surface area contributed by atoms with E-state index in [1.54, 1.807) is 17.6 Å². The van der Waals surface area contributed by atoms with Crippen LogP contribution in [0.5, 0.6) is 5.75 Å². The summed E-state index contributed by atoms with van der Waals surface area (Å²) in [6.07, 6.45) is 3.82. The lowest BCUT2D eigenvalue weighted by Gasteiger charge is -2.07. The minimum Gasteiger partial charge on any atom is -0.495 e. The zero-order chi connectivity index (χ0) is 14.7. The Hall–Kier alpha value is -1.83. The number of nitrogens with zero attached hydrogens (tertiary/aromatic N) is 1. The van der Waals surface area contributed by atoms with Crippen molar-refractivity contribution in [3.8, 4) is 11.8 Å². The third-order valence-corrected chi connectivity index (χ3v) is 5.05. The molecule has 0 amide bonds. The first-order chi connectivity index (χ1) is 10.3. The van der Waals surface area contributed by atoms with Crippen LogP contribution in [-0.2, 0) is 25.9 Å². The average Bonchev–Trinajstić information content (AvgIpc) is 3.08. The summed E-state index contributed by atoms with van der Waals surface area (Å²) < 4.78 is 5.16. The van der Waals surface area contributed by atoms with Gasteiger partial charge in [-0.1, -0.05) is 6.07 Å². The van der Waals surface area contributed by atoms with Crippen molar-refractivity contribution < 1.29 is 4.74 Å². The summed E-state index contributed by atoms with van der Waals surface area (Å²) in [6, 6.07) is 10.3. The molecule has 108 valence electrons. The topological polar surface area (TPSA) is 45.0 Å². The van der Waals surface area contributed by atoms with Gasteiger partial charge in [-0.15, -0.1) is 11.3 Å². The quantitative estimate of drug-likeness (QED) is 0.920. The van der Waals surface area contributed by atoms with Crippen molar-refractivity contribution in [3.05, 3.63) is 50.7 Å². The molecule has 1 aromatic carbocycles. The van der Waals surface area contributed by atoms with E-state index in [4.69, 9.17) is 10.00 Å². The molecule has 4 heteroatoms. The third-order valence-electron chi connectivity index (χ3n) is 3.81. The summed E-state index contributed by atoms with van der Waals surface area (Å²) >= 11 is 1.94. The highest BCUT2D eigenvalue weighted by atomic mass is 32.1.